The van der Waals surface area contributed by atoms with Gasteiger partial charge in [0.1, 0.15) is 0 Å². The van der Waals surface area contributed by atoms with Gasteiger partial charge in [0.25, 0.3) is 0 Å². The molecule has 0 saturated heterocycles. The summed E-state index contributed by atoms with van der Waals surface area (Å²) in [6, 6.07) is 5.50. The van der Waals surface area contributed by atoms with Gasteiger partial charge < -0.3 is 10.5 Å². The number of nitrogen functional groups attached to an aromatic ring is 1. The van der Waals surface area contributed by atoms with Crippen LogP contribution in [0.25, 0.3) is 0 Å². The predicted octanol–water partition coefficient (Wildman–Crippen LogP) is 4.67. The van der Waals surface area contributed by atoms with Crippen molar-refractivity contribution < 1.29 is 4.74 Å². The van der Waals surface area contributed by atoms with Crippen LogP contribution in [0.5, 0.6) is 5.75 Å². The third-order valence-electron chi connectivity index (χ3n) is 2.77. The molecular weight excluding hydrogens is 283 g/mol. The zero-order valence-electron chi connectivity index (χ0n) is 11.2. The van der Waals surface area contributed by atoms with Gasteiger partial charge in [0, 0.05) is 5.69 Å². The van der Waals surface area contributed by atoms with E-state index in [1.54, 1.807) is 12.1 Å². The summed E-state index contributed by atoms with van der Waals surface area (Å²) in [7, 11) is 0. The molecule has 0 atom stereocenters. The average Bonchev–Trinajstić information content (AvgIpc) is 2.31. The lowest BCUT2D eigenvalue weighted by atomic mass is 9.89. The highest BCUT2D eigenvalue weighted by atomic mass is 35.5. The third kappa shape index (κ3) is 5.18. The van der Waals surface area contributed by atoms with E-state index in [0.29, 0.717) is 28.1 Å². The fourth-order valence-electron chi connectivity index (χ4n) is 1.62. The normalized spacial score (nSPS) is 11.1. The van der Waals surface area contributed by atoms with Gasteiger partial charge in [-0.15, -0.1) is 0 Å². The standard InChI is InChI=1S/C14H18Cl2N2O/c1-14(2,9-17)5-3-4-6-19-13-11(15)7-10(18)8-12(13)16/h7-8H,3-6,18H2,1-2H3. The van der Waals surface area contributed by atoms with Crippen molar-refractivity contribution in [2.75, 3.05) is 12.3 Å². The van der Waals surface area contributed by atoms with Gasteiger partial charge in [-0.25, -0.2) is 0 Å². The zero-order chi connectivity index (χ0) is 14.5. The summed E-state index contributed by atoms with van der Waals surface area (Å²) in [5, 5.41) is 9.74. The molecule has 0 aliphatic rings. The van der Waals surface area contributed by atoms with Crippen LogP contribution in [-0.4, -0.2) is 6.61 Å². The second-order valence-electron chi connectivity index (χ2n) is 5.11. The van der Waals surface area contributed by atoms with Crippen LogP contribution in [0, 0.1) is 16.7 Å². The monoisotopic (exact) mass is 300 g/mol. The first-order valence-electron chi connectivity index (χ1n) is 6.14. The summed E-state index contributed by atoms with van der Waals surface area (Å²) in [4.78, 5) is 0. The Bertz CT molecular complexity index is 458. The Morgan fingerprint density at radius 3 is 2.37 bits per heavy atom. The highest BCUT2D eigenvalue weighted by Crippen LogP contribution is 2.35. The number of halogens is 2. The van der Waals surface area contributed by atoms with Gasteiger partial charge in [-0.3, -0.25) is 0 Å². The van der Waals surface area contributed by atoms with Gasteiger partial charge in [0.2, 0.25) is 0 Å². The molecule has 0 unspecified atom stereocenters. The Balaban J connectivity index is 2.41. The van der Waals surface area contributed by atoms with Crippen LogP contribution in [0.2, 0.25) is 10.0 Å². The van der Waals surface area contributed by atoms with Crippen LogP contribution < -0.4 is 10.5 Å². The predicted molar refractivity (Wildman–Crippen MR) is 79.6 cm³/mol. The molecule has 1 aromatic carbocycles. The van der Waals surface area contributed by atoms with Crippen molar-refractivity contribution in [3.63, 3.8) is 0 Å². The van der Waals surface area contributed by atoms with E-state index >= 15 is 0 Å². The van der Waals surface area contributed by atoms with Gasteiger partial charge in [-0.05, 0) is 45.2 Å². The van der Waals surface area contributed by atoms with E-state index in [1.165, 1.54) is 0 Å². The van der Waals surface area contributed by atoms with Gasteiger partial charge in [0.15, 0.2) is 5.75 Å². The maximum atomic E-state index is 8.90. The lowest BCUT2D eigenvalue weighted by Gasteiger charge is -2.15. The van der Waals surface area contributed by atoms with Gasteiger partial charge in [-0.1, -0.05) is 23.2 Å². The first-order valence-corrected chi connectivity index (χ1v) is 6.90. The van der Waals surface area contributed by atoms with Gasteiger partial charge in [-0.2, -0.15) is 5.26 Å². The second-order valence-corrected chi connectivity index (χ2v) is 5.93. The Hall–Kier alpha value is -1.11. The summed E-state index contributed by atoms with van der Waals surface area (Å²) >= 11 is 12.0. The van der Waals surface area contributed by atoms with Crippen molar-refractivity contribution in [2.45, 2.75) is 33.1 Å². The number of rotatable bonds is 6. The lowest BCUT2D eigenvalue weighted by Crippen LogP contribution is -2.08. The zero-order valence-corrected chi connectivity index (χ0v) is 12.7. The Morgan fingerprint density at radius 2 is 1.84 bits per heavy atom. The maximum Gasteiger partial charge on any atom is 0.156 e. The summed E-state index contributed by atoms with van der Waals surface area (Å²) < 4.78 is 5.57. The smallest absolute Gasteiger partial charge is 0.156 e. The highest BCUT2D eigenvalue weighted by molar-refractivity contribution is 6.37. The van der Waals surface area contributed by atoms with Crippen molar-refractivity contribution in [3.8, 4) is 11.8 Å². The van der Waals surface area contributed by atoms with E-state index in [2.05, 4.69) is 6.07 Å². The fraction of sp³-hybridized carbons (Fsp3) is 0.500. The molecule has 0 saturated carbocycles. The van der Waals surface area contributed by atoms with Crippen molar-refractivity contribution in [1.82, 2.24) is 0 Å². The first kappa shape index (κ1) is 15.9. The minimum absolute atomic E-state index is 0.281. The molecule has 0 radical (unpaired) electrons. The fourth-order valence-corrected chi connectivity index (χ4v) is 2.23. The quantitative estimate of drug-likeness (QED) is 0.613. The van der Waals surface area contributed by atoms with Crippen LogP contribution in [0.3, 0.4) is 0 Å². The molecule has 2 N–H and O–H groups in total. The summed E-state index contributed by atoms with van der Waals surface area (Å²) in [6.45, 7) is 4.38. The number of anilines is 1. The number of unbranched alkanes of at least 4 members (excludes halogenated alkanes) is 1. The molecule has 0 heterocycles. The van der Waals surface area contributed by atoms with Crippen LogP contribution in [0.1, 0.15) is 33.1 Å². The summed E-state index contributed by atoms with van der Waals surface area (Å²) in [6.07, 6.45) is 2.61. The molecule has 0 aliphatic carbocycles. The third-order valence-corrected chi connectivity index (χ3v) is 3.33. The van der Waals surface area contributed by atoms with E-state index < -0.39 is 0 Å². The second kappa shape index (κ2) is 6.88. The van der Waals surface area contributed by atoms with Crippen LogP contribution >= 0.6 is 23.2 Å². The molecule has 1 rings (SSSR count). The number of nitriles is 1. The van der Waals surface area contributed by atoms with Crippen LogP contribution in [0.4, 0.5) is 5.69 Å². The first-order chi connectivity index (χ1) is 8.85. The van der Waals surface area contributed by atoms with E-state index in [0.717, 1.165) is 19.3 Å². The molecule has 5 heteroatoms. The molecule has 0 fully saturated rings. The molecule has 0 bridgehead atoms. The molecule has 0 spiro atoms. The topological polar surface area (TPSA) is 59.0 Å². The van der Waals surface area contributed by atoms with Crippen molar-refractivity contribution in [3.05, 3.63) is 22.2 Å². The van der Waals surface area contributed by atoms with Crippen LogP contribution in [-0.2, 0) is 0 Å². The van der Waals surface area contributed by atoms with E-state index in [1.807, 2.05) is 13.8 Å². The molecule has 0 aliphatic heterocycles. The molecule has 0 amide bonds. The van der Waals surface area contributed by atoms with Gasteiger partial charge in [0.05, 0.1) is 28.1 Å². The molecule has 19 heavy (non-hydrogen) atoms. The highest BCUT2D eigenvalue weighted by Gasteiger charge is 2.15. The summed E-state index contributed by atoms with van der Waals surface area (Å²) in [5.74, 6) is 0.470. The van der Waals surface area contributed by atoms with E-state index in [4.69, 9.17) is 38.9 Å². The van der Waals surface area contributed by atoms with E-state index in [-0.39, 0.29) is 5.41 Å². The number of nitrogens with zero attached hydrogens (tertiary/aromatic N) is 1. The average molecular weight is 301 g/mol. The number of nitrogens with two attached hydrogens (primary N) is 1. The number of hydrogen-bond acceptors (Lipinski definition) is 3. The molecule has 3 nitrogen and oxygen atoms in total. The van der Waals surface area contributed by atoms with Crippen molar-refractivity contribution in [2.24, 2.45) is 5.41 Å². The van der Waals surface area contributed by atoms with Crippen molar-refractivity contribution >= 4 is 28.9 Å². The molecule has 104 valence electrons. The van der Waals surface area contributed by atoms with Gasteiger partial charge >= 0.3 is 0 Å². The Labute approximate surface area is 124 Å². The SMILES string of the molecule is CC(C)(C#N)CCCCOc1c(Cl)cc(N)cc1Cl. The molecule has 0 aromatic heterocycles. The molecule has 1 aromatic rings. The number of benzene rings is 1. The largest absolute Gasteiger partial charge is 0.490 e. The molecular formula is C14H18Cl2N2O. The Kier molecular flexibility index (Phi) is 5.78. The number of ether oxygens (including phenoxy) is 1. The Morgan fingerprint density at radius 1 is 1.26 bits per heavy atom. The van der Waals surface area contributed by atoms with E-state index in [9.17, 15) is 0 Å². The minimum atomic E-state index is -0.281. The maximum absolute atomic E-state index is 8.90. The number of hydrogen-bond donors (Lipinski definition) is 1. The lowest BCUT2D eigenvalue weighted by molar-refractivity contribution is 0.295. The minimum Gasteiger partial charge on any atom is -0.490 e. The van der Waals surface area contributed by atoms with Crippen molar-refractivity contribution in [1.29, 1.82) is 5.26 Å². The summed E-state index contributed by atoms with van der Waals surface area (Å²) in [5.41, 5.74) is 5.84. The van der Waals surface area contributed by atoms with Crippen LogP contribution in [0.15, 0.2) is 12.1 Å².